The molecule has 3 atom stereocenters. The fourth-order valence-electron chi connectivity index (χ4n) is 2.67. The number of anilines is 1. The minimum Gasteiger partial charge on any atom is -0.369 e. The largest absolute Gasteiger partial charge is 0.369 e. The van der Waals surface area contributed by atoms with Crippen LogP contribution in [0.25, 0.3) is 0 Å². The first kappa shape index (κ1) is 9.56. The van der Waals surface area contributed by atoms with E-state index in [0.29, 0.717) is 12.0 Å². The van der Waals surface area contributed by atoms with E-state index in [1.54, 1.807) is 6.20 Å². The highest BCUT2D eigenvalue weighted by molar-refractivity contribution is 5.18. The van der Waals surface area contributed by atoms with E-state index < -0.39 is 0 Å². The maximum atomic E-state index is 5.82. The van der Waals surface area contributed by atoms with E-state index in [0.717, 1.165) is 11.8 Å². The molecule has 0 spiro atoms. The third kappa shape index (κ3) is 1.63. The van der Waals surface area contributed by atoms with Gasteiger partial charge in [0.25, 0.3) is 0 Å². The van der Waals surface area contributed by atoms with Crippen LogP contribution in [0.15, 0.2) is 12.4 Å². The Bertz CT molecular complexity index is 305. The lowest BCUT2D eigenvalue weighted by Crippen LogP contribution is -2.25. The molecule has 1 saturated carbocycles. The summed E-state index contributed by atoms with van der Waals surface area (Å²) in [6.07, 6.45) is 7.66. The lowest BCUT2D eigenvalue weighted by molar-refractivity contribution is 0.209. The normalized spacial score (nSPS) is 33.1. The van der Waals surface area contributed by atoms with Crippen molar-refractivity contribution in [3.05, 3.63) is 12.4 Å². The SMILES string of the molecule is CC1CCC(n2ccnc2N)C(C)C1. The van der Waals surface area contributed by atoms with Gasteiger partial charge in [0.15, 0.2) is 5.95 Å². The Morgan fingerprint density at radius 1 is 1.43 bits per heavy atom. The van der Waals surface area contributed by atoms with Crippen LogP contribution in [0, 0.1) is 11.8 Å². The average Bonchev–Trinajstić information content (AvgIpc) is 2.52. The molecule has 0 aromatic carbocycles. The Balaban J connectivity index is 2.15. The molecule has 0 amide bonds. The van der Waals surface area contributed by atoms with Gasteiger partial charge in [0.2, 0.25) is 0 Å². The molecule has 0 radical (unpaired) electrons. The molecule has 0 aliphatic heterocycles. The first-order valence-electron chi connectivity index (χ1n) is 5.46. The molecule has 14 heavy (non-hydrogen) atoms. The molecule has 78 valence electrons. The Kier molecular flexibility index (Phi) is 2.48. The van der Waals surface area contributed by atoms with Crippen LogP contribution in [0.3, 0.4) is 0 Å². The second-order valence-electron chi connectivity index (χ2n) is 4.66. The van der Waals surface area contributed by atoms with E-state index in [-0.39, 0.29) is 0 Å². The van der Waals surface area contributed by atoms with Crippen LogP contribution in [0.1, 0.15) is 39.2 Å². The minimum absolute atomic E-state index is 0.564. The number of hydrogen-bond donors (Lipinski definition) is 1. The first-order chi connectivity index (χ1) is 6.68. The highest BCUT2D eigenvalue weighted by Crippen LogP contribution is 2.37. The molecule has 3 nitrogen and oxygen atoms in total. The van der Waals surface area contributed by atoms with Crippen molar-refractivity contribution in [3.8, 4) is 0 Å². The van der Waals surface area contributed by atoms with Crippen LogP contribution in [0.5, 0.6) is 0 Å². The van der Waals surface area contributed by atoms with E-state index >= 15 is 0 Å². The van der Waals surface area contributed by atoms with Gasteiger partial charge in [-0.3, -0.25) is 0 Å². The van der Waals surface area contributed by atoms with Gasteiger partial charge in [0.05, 0.1) is 0 Å². The first-order valence-corrected chi connectivity index (χ1v) is 5.46. The fourth-order valence-corrected chi connectivity index (χ4v) is 2.67. The van der Waals surface area contributed by atoms with Crippen LogP contribution in [0.2, 0.25) is 0 Å². The summed E-state index contributed by atoms with van der Waals surface area (Å²) in [5, 5.41) is 0. The number of rotatable bonds is 1. The highest BCUT2D eigenvalue weighted by Gasteiger charge is 2.27. The quantitative estimate of drug-likeness (QED) is 0.744. The predicted octanol–water partition coefficient (Wildman–Crippen LogP) is 2.46. The van der Waals surface area contributed by atoms with Crippen molar-refractivity contribution in [2.24, 2.45) is 11.8 Å². The van der Waals surface area contributed by atoms with Gasteiger partial charge in [-0.25, -0.2) is 4.98 Å². The average molecular weight is 193 g/mol. The van der Waals surface area contributed by atoms with Gasteiger partial charge in [-0.1, -0.05) is 13.8 Å². The van der Waals surface area contributed by atoms with Gasteiger partial charge in [-0.05, 0) is 31.1 Å². The maximum absolute atomic E-state index is 5.82. The monoisotopic (exact) mass is 193 g/mol. The van der Waals surface area contributed by atoms with Crippen LogP contribution in [0.4, 0.5) is 5.95 Å². The number of nitrogens with two attached hydrogens (primary N) is 1. The summed E-state index contributed by atoms with van der Waals surface area (Å²) in [6.45, 7) is 4.66. The summed E-state index contributed by atoms with van der Waals surface area (Å²) in [7, 11) is 0. The number of nitrogens with zero attached hydrogens (tertiary/aromatic N) is 2. The summed E-state index contributed by atoms with van der Waals surface area (Å²) in [5.74, 6) is 2.25. The zero-order chi connectivity index (χ0) is 10.1. The van der Waals surface area contributed by atoms with Crippen molar-refractivity contribution in [2.45, 2.75) is 39.2 Å². The smallest absolute Gasteiger partial charge is 0.200 e. The van der Waals surface area contributed by atoms with Crippen LogP contribution >= 0.6 is 0 Å². The Labute approximate surface area is 85.3 Å². The van der Waals surface area contributed by atoms with Crippen LogP contribution in [-0.2, 0) is 0 Å². The van der Waals surface area contributed by atoms with Gasteiger partial charge in [0, 0.05) is 18.4 Å². The molecule has 0 saturated heterocycles. The standard InChI is InChI=1S/C11H19N3/c1-8-3-4-10(9(2)7-8)14-6-5-13-11(14)12/h5-6,8-10H,3-4,7H2,1-2H3,(H2,12,13). The van der Waals surface area contributed by atoms with Crippen LogP contribution < -0.4 is 5.73 Å². The molecule has 1 heterocycles. The second-order valence-corrected chi connectivity index (χ2v) is 4.66. The van der Waals surface area contributed by atoms with Crippen molar-refractivity contribution in [3.63, 3.8) is 0 Å². The van der Waals surface area contributed by atoms with Crippen molar-refractivity contribution in [2.75, 3.05) is 5.73 Å². The number of nitrogen functional groups attached to an aromatic ring is 1. The number of hydrogen-bond acceptors (Lipinski definition) is 2. The Hall–Kier alpha value is -0.990. The van der Waals surface area contributed by atoms with Crippen molar-refractivity contribution in [1.82, 2.24) is 9.55 Å². The highest BCUT2D eigenvalue weighted by atomic mass is 15.2. The van der Waals surface area contributed by atoms with E-state index in [9.17, 15) is 0 Å². The van der Waals surface area contributed by atoms with E-state index in [1.165, 1.54) is 19.3 Å². The zero-order valence-electron chi connectivity index (χ0n) is 8.98. The summed E-state index contributed by atoms with van der Waals surface area (Å²) in [4.78, 5) is 4.09. The molecule has 0 bridgehead atoms. The Morgan fingerprint density at radius 2 is 2.21 bits per heavy atom. The molecule has 3 heteroatoms. The van der Waals surface area contributed by atoms with Gasteiger partial charge in [-0.2, -0.15) is 0 Å². The lowest BCUT2D eigenvalue weighted by Gasteiger charge is -2.33. The molecule has 2 rings (SSSR count). The molecule has 1 fully saturated rings. The molecule has 3 unspecified atom stereocenters. The van der Waals surface area contributed by atoms with Gasteiger partial charge >= 0.3 is 0 Å². The topological polar surface area (TPSA) is 43.8 Å². The Morgan fingerprint density at radius 3 is 2.79 bits per heavy atom. The van der Waals surface area contributed by atoms with Crippen molar-refractivity contribution >= 4 is 5.95 Å². The number of aromatic nitrogens is 2. The van der Waals surface area contributed by atoms with Crippen molar-refractivity contribution < 1.29 is 0 Å². The van der Waals surface area contributed by atoms with E-state index in [1.807, 2.05) is 6.20 Å². The maximum Gasteiger partial charge on any atom is 0.200 e. The molecule has 1 aliphatic carbocycles. The second kappa shape index (κ2) is 3.64. The third-order valence-corrected chi connectivity index (χ3v) is 3.44. The lowest BCUT2D eigenvalue weighted by atomic mass is 9.80. The van der Waals surface area contributed by atoms with E-state index in [2.05, 4.69) is 23.4 Å². The van der Waals surface area contributed by atoms with Gasteiger partial charge < -0.3 is 10.3 Å². The third-order valence-electron chi connectivity index (χ3n) is 3.44. The summed E-state index contributed by atoms with van der Waals surface area (Å²) in [5.41, 5.74) is 5.82. The summed E-state index contributed by atoms with van der Waals surface area (Å²) in [6, 6.07) is 0.564. The predicted molar refractivity (Wildman–Crippen MR) is 57.9 cm³/mol. The number of imidazole rings is 1. The minimum atomic E-state index is 0.564. The molecule has 1 aromatic heterocycles. The van der Waals surface area contributed by atoms with Gasteiger partial charge in [0.1, 0.15) is 0 Å². The van der Waals surface area contributed by atoms with Gasteiger partial charge in [-0.15, -0.1) is 0 Å². The summed E-state index contributed by atoms with van der Waals surface area (Å²) >= 11 is 0. The fraction of sp³-hybridized carbons (Fsp3) is 0.727. The molecular weight excluding hydrogens is 174 g/mol. The van der Waals surface area contributed by atoms with E-state index in [4.69, 9.17) is 5.73 Å². The molecular formula is C11H19N3. The summed E-state index contributed by atoms with van der Waals surface area (Å²) < 4.78 is 2.14. The molecule has 1 aromatic rings. The molecule has 1 aliphatic rings. The molecule has 2 N–H and O–H groups in total. The van der Waals surface area contributed by atoms with Crippen molar-refractivity contribution in [1.29, 1.82) is 0 Å². The van der Waals surface area contributed by atoms with Crippen LogP contribution in [-0.4, -0.2) is 9.55 Å². The zero-order valence-corrected chi connectivity index (χ0v) is 8.98.